The van der Waals surface area contributed by atoms with Crippen LogP contribution in [0.25, 0.3) is 0 Å². The second-order valence-corrected chi connectivity index (χ2v) is 8.12. The number of nitrogens with zero attached hydrogens (tertiary/aromatic N) is 3. The molecule has 1 aromatic rings. The van der Waals surface area contributed by atoms with Crippen molar-refractivity contribution in [3.63, 3.8) is 0 Å². The molecule has 0 spiro atoms. The van der Waals surface area contributed by atoms with Crippen LogP contribution < -0.4 is 26.1 Å². The van der Waals surface area contributed by atoms with Crippen LogP contribution >= 0.6 is 0 Å². The van der Waals surface area contributed by atoms with Gasteiger partial charge in [-0.2, -0.15) is 0 Å². The van der Waals surface area contributed by atoms with E-state index in [-0.39, 0.29) is 12.0 Å². The summed E-state index contributed by atoms with van der Waals surface area (Å²) in [7, 11) is 1.69. The maximum absolute atomic E-state index is 14.8. The average Bonchev–Trinajstić information content (AvgIpc) is 3.46. The van der Waals surface area contributed by atoms with E-state index in [0.29, 0.717) is 45.6 Å². The Hall–Kier alpha value is -1.61. The van der Waals surface area contributed by atoms with Crippen LogP contribution in [0.15, 0.2) is 12.1 Å². The molecular formula is C20H32FN5O2. The summed E-state index contributed by atoms with van der Waals surface area (Å²) in [6.07, 6.45) is 1.37. The molecule has 1 aliphatic carbocycles. The molecule has 4 N–H and O–H groups in total. The fourth-order valence-electron chi connectivity index (χ4n) is 4.48. The Kier molecular flexibility index (Phi) is 5.64. The molecule has 0 radical (unpaired) electrons. The van der Waals surface area contributed by atoms with E-state index < -0.39 is 6.17 Å². The van der Waals surface area contributed by atoms with E-state index in [1.54, 1.807) is 7.11 Å². The fraction of sp³-hybridized carbons (Fsp3) is 0.700. The number of alkyl halides is 1. The summed E-state index contributed by atoms with van der Waals surface area (Å²) in [5, 5.41) is 1.83. The second kappa shape index (κ2) is 8.02. The summed E-state index contributed by atoms with van der Waals surface area (Å²) >= 11 is 0. The van der Waals surface area contributed by atoms with Crippen LogP contribution in [0, 0.1) is 5.92 Å². The Morgan fingerprint density at radius 1 is 1.29 bits per heavy atom. The van der Waals surface area contributed by atoms with Crippen molar-refractivity contribution in [1.82, 2.24) is 5.01 Å². The van der Waals surface area contributed by atoms with Gasteiger partial charge < -0.3 is 25.0 Å². The lowest BCUT2D eigenvalue weighted by Gasteiger charge is -2.38. The Morgan fingerprint density at radius 2 is 2.07 bits per heavy atom. The molecule has 0 amide bonds. The Balaban J connectivity index is 1.61. The zero-order valence-corrected chi connectivity index (χ0v) is 16.8. The van der Waals surface area contributed by atoms with Crippen molar-refractivity contribution >= 4 is 11.4 Å². The standard InChI is InChI=1S/C20H32FN5O2/c1-3-28-11-17(22)15-9-24(10-16(15)21)18-7-4-13-8-25(23)12-26(14-5-6-14)19(13)20(18)27-2/h4,7,14-17H,3,5-6,8-12,22-23H2,1-2H3/t15-,16-,17+/m0/s1. The molecule has 3 atom stereocenters. The van der Waals surface area contributed by atoms with Gasteiger partial charge in [-0.3, -0.25) is 5.84 Å². The minimum absolute atomic E-state index is 0.244. The van der Waals surface area contributed by atoms with Gasteiger partial charge in [-0.1, -0.05) is 6.07 Å². The number of anilines is 2. The van der Waals surface area contributed by atoms with Crippen LogP contribution in [0.4, 0.5) is 15.8 Å². The molecule has 4 rings (SSSR count). The van der Waals surface area contributed by atoms with E-state index in [2.05, 4.69) is 15.9 Å². The first-order valence-corrected chi connectivity index (χ1v) is 10.2. The van der Waals surface area contributed by atoms with Crippen molar-refractivity contribution in [1.29, 1.82) is 0 Å². The van der Waals surface area contributed by atoms with Crippen molar-refractivity contribution in [2.75, 3.05) is 49.9 Å². The lowest BCUT2D eigenvalue weighted by Crippen LogP contribution is -2.47. The molecule has 1 saturated heterocycles. The molecule has 8 heteroatoms. The van der Waals surface area contributed by atoms with E-state index in [1.807, 2.05) is 18.0 Å². The number of benzene rings is 1. The lowest BCUT2D eigenvalue weighted by molar-refractivity contribution is 0.105. The van der Waals surface area contributed by atoms with Gasteiger partial charge in [0.05, 0.1) is 31.8 Å². The summed E-state index contributed by atoms with van der Waals surface area (Å²) in [5.41, 5.74) is 9.42. The molecule has 3 aliphatic rings. The summed E-state index contributed by atoms with van der Waals surface area (Å²) in [4.78, 5) is 4.41. The molecular weight excluding hydrogens is 361 g/mol. The third-order valence-corrected chi connectivity index (χ3v) is 6.08. The minimum Gasteiger partial charge on any atom is -0.492 e. The molecule has 0 bridgehead atoms. The summed E-state index contributed by atoms with van der Waals surface area (Å²) in [6, 6.07) is 4.33. The number of fused-ring (bicyclic) bond motifs is 1. The second-order valence-electron chi connectivity index (χ2n) is 8.12. The van der Waals surface area contributed by atoms with Crippen LogP contribution in [0.5, 0.6) is 5.75 Å². The van der Waals surface area contributed by atoms with Crippen molar-refractivity contribution < 1.29 is 13.9 Å². The van der Waals surface area contributed by atoms with Crippen LogP contribution in [0.1, 0.15) is 25.3 Å². The maximum Gasteiger partial charge on any atom is 0.165 e. The Morgan fingerprint density at radius 3 is 2.75 bits per heavy atom. The summed E-state index contributed by atoms with van der Waals surface area (Å²) in [5.74, 6) is 6.71. The van der Waals surface area contributed by atoms with Crippen molar-refractivity contribution in [3.05, 3.63) is 17.7 Å². The van der Waals surface area contributed by atoms with Gasteiger partial charge in [0.25, 0.3) is 0 Å². The molecule has 0 unspecified atom stereocenters. The largest absolute Gasteiger partial charge is 0.492 e. The van der Waals surface area contributed by atoms with Gasteiger partial charge in [-0.05, 0) is 31.4 Å². The molecule has 28 heavy (non-hydrogen) atoms. The van der Waals surface area contributed by atoms with E-state index >= 15 is 0 Å². The molecule has 2 heterocycles. The molecule has 2 fully saturated rings. The highest BCUT2D eigenvalue weighted by atomic mass is 19.1. The highest BCUT2D eigenvalue weighted by molar-refractivity contribution is 5.77. The summed E-state index contributed by atoms with van der Waals surface area (Å²) in [6.45, 7) is 5.16. The molecule has 0 aromatic heterocycles. The van der Waals surface area contributed by atoms with Gasteiger partial charge in [-0.25, -0.2) is 9.40 Å². The zero-order valence-electron chi connectivity index (χ0n) is 16.8. The predicted molar refractivity (Wildman–Crippen MR) is 108 cm³/mol. The van der Waals surface area contributed by atoms with E-state index in [4.69, 9.17) is 21.1 Å². The van der Waals surface area contributed by atoms with E-state index in [1.165, 1.54) is 12.8 Å². The predicted octanol–water partition coefficient (Wildman–Crippen LogP) is 1.45. The first-order valence-electron chi connectivity index (χ1n) is 10.2. The first kappa shape index (κ1) is 19.7. The summed E-state index contributed by atoms with van der Waals surface area (Å²) < 4.78 is 26.1. The maximum atomic E-state index is 14.8. The Labute approximate surface area is 166 Å². The third-order valence-electron chi connectivity index (χ3n) is 6.08. The van der Waals surface area contributed by atoms with E-state index in [9.17, 15) is 4.39 Å². The zero-order chi connectivity index (χ0) is 19.8. The number of hydrazine groups is 1. The lowest BCUT2D eigenvalue weighted by atomic mass is 9.99. The van der Waals surface area contributed by atoms with Crippen LogP contribution in [-0.2, 0) is 11.3 Å². The molecule has 7 nitrogen and oxygen atoms in total. The van der Waals surface area contributed by atoms with Crippen molar-refractivity contribution in [2.24, 2.45) is 17.5 Å². The van der Waals surface area contributed by atoms with Gasteiger partial charge in [0.2, 0.25) is 0 Å². The first-order chi connectivity index (χ1) is 13.5. The Bertz CT molecular complexity index is 701. The van der Waals surface area contributed by atoms with Gasteiger partial charge in [0.1, 0.15) is 6.17 Å². The topological polar surface area (TPSA) is 80.2 Å². The highest BCUT2D eigenvalue weighted by Crippen LogP contribution is 2.47. The molecule has 156 valence electrons. The van der Waals surface area contributed by atoms with Gasteiger partial charge >= 0.3 is 0 Å². The monoisotopic (exact) mass is 393 g/mol. The van der Waals surface area contributed by atoms with Crippen molar-refractivity contribution in [2.45, 2.75) is 44.6 Å². The average molecular weight is 394 g/mol. The highest BCUT2D eigenvalue weighted by Gasteiger charge is 2.40. The minimum atomic E-state index is -0.977. The number of nitrogens with two attached hydrogens (primary N) is 2. The van der Waals surface area contributed by atoms with Crippen LogP contribution in [0.3, 0.4) is 0 Å². The number of rotatable bonds is 7. The number of hydrogen-bond acceptors (Lipinski definition) is 7. The van der Waals surface area contributed by atoms with Gasteiger partial charge in [0.15, 0.2) is 5.75 Å². The molecule has 1 saturated carbocycles. The smallest absolute Gasteiger partial charge is 0.165 e. The van der Waals surface area contributed by atoms with Crippen LogP contribution in [0.2, 0.25) is 0 Å². The van der Waals surface area contributed by atoms with Crippen LogP contribution in [-0.4, -0.2) is 63.3 Å². The fourth-order valence-corrected chi connectivity index (χ4v) is 4.48. The third kappa shape index (κ3) is 3.66. The normalized spacial score (nSPS) is 26.5. The number of ether oxygens (including phenoxy) is 2. The van der Waals surface area contributed by atoms with Gasteiger partial charge in [-0.15, -0.1) is 0 Å². The van der Waals surface area contributed by atoms with E-state index in [0.717, 1.165) is 22.7 Å². The number of methoxy groups -OCH3 is 1. The molecule has 2 aliphatic heterocycles. The van der Waals surface area contributed by atoms with Gasteiger partial charge in [0, 0.05) is 44.2 Å². The SMILES string of the molecule is CCOC[C@@H](N)[C@H]1CN(c2ccc3c(c2OC)N(C2CC2)CN(N)C3)C[C@@H]1F. The quantitative estimate of drug-likeness (QED) is 0.679. The molecule has 1 aromatic carbocycles. The number of hydrogen-bond donors (Lipinski definition) is 2. The van der Waals surface area contributed by atoms with Crippen molar-refractivity contribution in [3.8, 4) is 5.75 Å². The number of halogens is 1.